The van der Waals surface area contributed by atoms with E-state index in [-0.39, 0.29) is 5.39 Å². The van der Waals surface area contributed by atoms with Gasteiger partial charge in [-0.2, -0.15) is 0 Å². The van der Waals surface area contributed by atoms with Crippen molar-refractivity contribution in [1.82, 2.24) is 9.55 Å². The number of pyridine rings is 1. The molecule has 0 aromatic carbocycles. The Bertz CT molecular complexity index is 519. The van der Waals surface area contributed by atoms with Crippen LogP contribution in [0.15, 0.2) is 18.5 Å². The number of hydrogen-bond donors (Lipinski definition) is 1. The van der Waals surface area contributed by atoms with Crippen LogP contribution in [-0.2, 0) is 7.05 Å². The third-order valence-electron chi connectivity index (χ3n) is 2.06. The van der Waals surface area contributed by atoms with Crippen LogP contribution in [0.2, 0.25) is 0 Å². The van der Waals surface area contributed by atoms with Gasteiger partial charge in [0.05, 0.1) is 5.39 Å². The van der Waals surface area contributed by atoms with Crippen LogP contribution in [0, 0.1) is 5.82 Å². The van der Waals surface area contributed by atoms with Crippen molar-refractivity contribution < 1.29 is 14.3 Å². The van der Waals surface area contributed by atoms with Gasteiger partial charge >= 0.3 is 5.97 Å². The van der Waals surface area contributed by atoms with Gasteiger partial charge in [0.25, 0.3) is 0 Å². The van der Waals surface area contributed by atoms with E-state index in [0.717, 1.165) is 6.20 Å². The molecule has 0 saturated carbocycles. The number of nitrogens with zero attached hydrogens (tertiary/aromatic N) is 2. The maximum atomic E-state index is 13.5. The molecule has 72 valence electrons. The fourth-order valence-corrected chi connectivity index (χ4v) is 1.33. The minimum atomic E-state index is -1.30. The Morgan fingerprint density at radius 1 is 1.64 bits per heavy atom. The molecule has 2 aromatic rings. The fourth-order valence-electron chi connectivity index (χ4n) is 1.33. The summed E-state index contributed by atoms with van der Waals surface area (Å²) >= 11 is 0. The first-order valence-electron chi connectivity index (χ1n) is 3.94. The van der Waals surface area contributed by atoms with Crippen molar-refractivity contribution in [2.24, 2.45) is 7.05 Å². The lowest BCUT2D eigenvalue weighted by Gasteiger charge is -1.99. The molecular weight excluding hydrogens is 187 g/mol. The van der Waals surface area contributed by atoms with Gasteiger partial charge < -0.3 is 9.67 Å². The Kier molecular flexibility index (Phi) is 1.73. The second kappa shape index (κ2) is 2.80. The number of aromatic carboxylic acids is 1. The molecular formula is C9H7FN2O2. The molecule has 0 aliphatic carbocycles. The minimum Gasteiger partial charge on any atom is -0.478 e. The van der Waals surface area contributed by atoms with Crippen molar-refractivity contribution in [3.63, 3.8) is 0 Å². The normalized spacial score (nSPS) is 10.7. The number of aromatic nitrogens is 2. The largest absolute Gasteiger partial charge is 0.478 e. The highest BCUT2D eigenvalue weighted by Crippen LogP contribution is 2.19. The molecule has 0 amide bonds. The average molecular weight is 194 g/mol. The molecule has 0 aliphatic heterocycles. The second-order valence-corrected chi connectivity index (χ2v) is 2.95. The summed E-state index contributed by atoms with van der Waals surface area (Å²) in [5.74, 6) is -2.04. The quantitative estimate of drug-likeness (QED) is 0.746. The zero-order chi connectivity index (χ0) is 10.3. The molecule has 4 nitrogen and oxygen atoms in total. The molecule has 2 rings (SSSR count). The first-order valence-corrected chi connectivity index (χ1v) is 3.94. The number of aryl methyl sites for hydroxylation is 1. The first kappa shape index (κ1) is 8.68. The zero-order valence-corrected chi connectivity index (χ0v) is 7.36. The summed E-state index contributed by atoms with van der Waals surface area (Å²) in [7, 11) is 1.72. The predicted molar refractivity (Wildman–Crippen MR) is 47.6 cm³/mol. The van der Waals surface area contributed by atoms with Gasteiger partial charge in [0.15, 0.2) is 0 Å². The Balaban J connectivity index is 2.82. The van der Waals surface area contributed by atoms with Crippen molar-refractivity contribution in [3.05, 3.63) is 29.8 Å². The second-order valence-electron chi connectivity index (χ2n) is 2.95. The van der Waals surface area contributed by atoms with Crippen molar-refractivity contribution in [1.29, 1.82) is 0 Å². The highest BCUT2D eigenvalue weighted by molar-refractivity contribution is 5.92. The van der Waals surface area contributed by atoms with Gasteiger partial charge in [-0.05, 0) is 6.07 Å². The molecule has 0 spiro atoms. The number of carboxylic acids is 1. The van der Waals surface area contributed by atoms with Crippen LogP contribution in [0.25, 0.3) is 11.0 Å². The fraction of sp³-hybridized carbons (Fsp3) is 0.111. The summed E-state index contributed by atoms with van der Waals surface area (Å²) in [5.41, 5.74) is 0.0381. The lowest BCUT2D eigenvalue weighted by atomic mass is 10.2. The molecule has 1 N–H and O–H groups in total. The molecule has 2 heterocycles. The van der Waals surface area contributed by atoms with Gasteiger partial charge in [0, 0.05) is 19.4 Å². The van der Waals surface area contributed by atoms with E-state index in [1.807, 2.05) is 0 Å². The summed E-state index contributed by atoms with van der Waals surface area (Å²) in [4.78, 5) is 14.5. The van der Waals surface area contributed by atoms with E-state index in [9.17, 15) is 9.18 Å². The van der Waals surface area contributed by atoms with Gasteiger partial charge in [-0.15, -0.1) is 0 Å². The molecule has 0 aliphatic rings. The molecule has 0 fully saturated rings. The summed E-state index contributed by atoms with van der Waals surface area (Å²) < 4.78 is 15.1. The van der Waals surface area contributed by atoms with Gasteiger partial charge in [-0.1, -0.05) is 0 Å². The standard InChI is InChI=1S/C9H7FN2O2/c1-12-3-2-5-7(10)6(9(13)14)4-11-8(5)12/h2-4H,1H3,(H,13,14). The number of fused-ring (bicyclic) bond motifs is 1. The molecule has 0 atom stereocenters. The van der Waals surface area contributed by atoms with E-state index in [1.165, 1.54) is 6.07 Å². The van der Waals surface area contributed by atoms with Crippen molar-refractivity contribution in [2.75, 3.05) is 0 Å². The average Bonchev–Trinajstić information content (AvgIpc) is 2.49. The van der Waals surface area contributed by atoms with E-state index in [2.05, 4.69) is 4.98 Å². The number of hydrogen-bond acceptors (Lipinski definition) is 2. The molecule has 0 saturated heterocycles. The van der Waals surface area contributed by atoms with Crippen LogP contribution in [0.5, 0.6) is 0 Å². The van der Waals surface area contributed by atoms with Crippen LogP contribution in [-0.4, -0.2) is 20.6 Å². The lowest BCUT2D eigenvalue weighted by molar-refractivity contribution is 0.0692. The third kappa shape index (κ3) is 1.06. The number of carbonyl (C=O) groups is 1. The minimum absolute atomic E-state index is 0.229. The van der Waals surface area contributed by atoms with Crippen molar-refractivity contribution in [2.45, 2.75) is 0 Å². The van der Waals surface area contributed by atoms with Crippen LogP contribution in [0.3, 0.4) is 0 Å². The van der Waals surface area contributed by atoms with Crippen LogP contribution in [0.4, 0.5) is 4.39 Å². The third-order valence-corrected chi connectivity index (χ3v) is 2.06. The molecule has 0 radical (unpaired) electrons. The lowest BCUT2D eigenvalue weighted by Crippen LogP contribution is -2.02. The van der Waals surface area contributed by atoms with Crippen LogP contribution < -0.4 is 0 Å². The monoisotopic (exact) mass is 194 g/mol. The van der Waals surface area contributed by atoms with E-state index in [1.54, 1.807) is 17.8 Å². The Morgan fingerprint density at radius 2 is 2.36 bits per heavy atom. The van der Waals surface area contributed by atoms with Crippen molar-refractivity contribution >= 4 is 17.0 Å². The molecule has 5 heteroatoms. The first-order chi connectivity index (χ1) is 6.61. The smallest absolute Gasteiger partial charge is 0.340 e. The Labute approximate surface area is 78.6 Å². The summed E-state index contributed by atoms with van der Waals surface area (Å²) in [5, 5.41) is 8.87. The summed E-state index contributed by atoms with van der Waals surface area (Å²) in [6.07, 6.45) is 2.66. The highest BCUT2D eigenvalue weighted by Gasteiger charge is 2.15. The number of rotatable bonds is 1. The van der Waals surface area contributed by atoms with E-state index in [4.69, 9.17) is 5.11 Å². The summed E-state index contributed by atoms with van der Waals surface area (Å²) in [6, 6.07) is 1.50. The highest BCUT2D eigenvalue weighted by atomic mass is 19.1. The van der Waals surface area contributed by atoms with E-state index in [0.29, 0.717) is 5.65 Å². The van der Waals surface area contributed by atoms with Crippen molar-refractivity contribution in [3.8, 4) is 0 Å². The number of carboxylic acid groups (broad SMARTS) is 1. The molecule has 0 unspecified atom stereocenters. The van der Waals surface area contributed by atoms with Crippen LogP contribution >= 0.6 is 0 Å². The van der Waals surface area contributed by atoms with Crippen LogP contribution in [0.1, 0.15) is 10.4 Å². The SMILES string of the molecule is Cn1ccc2c(F)c(C(=O)O)cnc21. The number of halogens is 1. The van der Waals surface area contributed by atoms with Gasteiger partial charge in [-0.3, -0.25) is 0 Å². The van der Waals surface area contributed by atoms with Gasteiger partial charge in [-0.25, -0.2) is 14.2 Å². The summed E-state index contributed by atoms with van der Waals surface area (Å²) in [6.45, 7) is 0. The Hall–Kier alpha value is -1.91. The van der Waals surface area contributed by atoms with E-state index >= 15 is 0 Å². The van der Waals surface area contributed by atoms with Gasteiger partial charge in [0.2, 0.25) is 0 Å². The maximum Gasteiger partial charge on any atom is 0.340 e. The topological polar surface area (TPSA) is 55.1 Å². The molecule has 2 aromatic heterocycles. The predicted octanol–water partition coefficient (Wildman–Crippen LogP) is 1.41. The zero-order valence-electron chi connectivity index (χ0n) is 7.36. The van der Waals surface area contributed by atoms with E-state index < -0.39 is 17.3 Å². The molecule has 0 bridgehead atoms. The maximum absolute atomic E-state index is 13.5. The Morgan fingerprint density at radius 3 is 3.00 bits per heavy atom. The molecule has 14 heavy (non-hydrogen) atoms. The van der Waals surface area contributed by atoms with Gasteiger partial charge in [0.1, 0.15) is 17.0 Å².